The van der Waals surface area contributed by atoms with Crippen LogP contribution >= 0.6 is 7.14 Å². The van der Waals surface area contributed by atoms with Crippen LogP contribution in [0.2, 0.25) is 0 Å². The van der Waals surface area contributed by atoms with Gasteiger partial charge in [-0.1, -0.05) is 164 Å². The van der Waals surface area contributed by atoms with Crippen LogP contribution in [-0.4, -0.2) is 17.4 Å². The van der Waals surface area contributed by atoms with Crippen molar-refractivity contribution >= 4 is 40.0 Å². The summed E-state index contributed by atoms with van der Waals surface area (Å²) in [5.41, 5.74) is 9.21. The summed E-state index contributed by atoms with van der Waals surface area (Å²) < 4.78 is 15.4. The lowest BCUT2D eigenvalue weighted by molar-refractivity contribution is 0.546. The van der Waals surface area contributed by atoms with E-state index in [9.17, 15) is 0 Å². The third-order valence-electron chi connectivity index (χ3n) is 11.4. The fourth-order valence-corrected chi connectivity index (χ4v) is 11.8. The molecular formula is C48H37N2OP. The van der Waals surface area contributed by atoms with Gasteiger partial charge in [-0.2, -0.15) is 0 Å². The number of hydrogen-bond acceptors (Lipinski definition) is 3. The SMILES string of the molecule is C[C@]12C=CC=CC1N=C1c3ccccc3-c3cc(-c4ccc(-c5cccc6c(P(=O)(C7=CC=CCC7)c7ccccc7)cccc56)cc4)ccc3N12. The largest absolute Gasteiger partial charge is 0.314 e. The van der Waals surface area contributed by atoms with Crippen molar-refractivity contribution in [2.24, 2.45) is 4.99 Å². The number of hydrogen-bond donors (Lipinski definition) is 0. The molecule has 2 heterocycles. The van der Waals surface area contributed by atoms with Crippen LogP contribution in [0.4, 0.5) is 5.69 Å². The molecule has 0 N–H and O–H groups in total. The summed E-state index contributed by atoms with van der Waals surface area (Å²) >= 11 is 0. The molecule has 0 saturated carbocycles. The molecule has 10 rings (SSSR count). The van der Waals surface area contributed by atoms with E-state index < -0.39 is 7.14 Å². The molecule has 0 amide bonds. The lowest BCUT2D eigenvalue weighted by atomic mass is 9.84. The Morgan fingerprint density at radius 2 is 1.40 bits per heavy atom. The molecule has 4 heteroatoms. The van der Waals surface area contributed by atoms with Crippen LogP contribution in [0.1, 0.15) is 25.3 Å². The Kier molecular flexibility index (Phi) is 7.10. The second-order valence-electron chi connectivity index (χ2n) is 14.3. The monoisotopic (exact) mass is 688 g/mol. The van der Waals surface area contributed by atoms with Crippen LogP contribution < -0.4 is 15.5 Å². The number of rotatable bonds is 5. The first kappa shape index (κ1) is 31.0. The minimum Gasteiger partial charge on any atom is -0.314 e. The number of allylic oxidation sites excluding steroid dienone is 6. The molecular weight excluding hydrogens is 652 g/mol. The summed E-state index contributed by atoms with van der Waals surface area (Å²) in [7, 11) is -3.06. The fraction of sp³-hybridized carbons (Fsp3) is 0.104. The highest BCUT2D eigenvalue weighted by Gasteiger charge is 2.48. The van der Waals surface area contributed by atoms with E-state index in [0.29, 0.717) is 0 Å². The Morgan fingerprint density at radius 3 is 2.23 bits per heavy atom. The first-order valence-electron chi connectivity index (χ1n) is 18.2. The maximum Gasteiger partial charge on any atom is 0.167 e. The first-order chi connectivity index (χ1) is 25.5. The van der Waals surface area contributed by atoms with Crippen molar-refractivity contribution in [2.45, 2.75) is 31.3 Å². The predicted octanol–water partition coefficient (Wildman–Crippen LogP) is 11.2. The van der Waals surface area contributed by atoms with E-state index >= 15 is 4.57 Å². The molecule has 0 saturated heterocycles. The van der Waals surface area contributed by atoms with Gasteiger partial charge in [0.15, 0.2) is 7.14 Å². The van der Waals surface area contributed by atoms with E-state index in [0.717, 1.165) is 56.5 Å². The Labute approximate surface area is 305 Å². The molecule has 2 aliphatic carbocycles. The molecule has 3 nitrogen and oxygen atoms in total. The average Bonchev–Trinajstić information content (AvgIpc) is 3.54. The quantitative estimate of drug-likeness (QED) is 0.169. The third-order valence-corrected chi connectivity index (χ3v) is 14.6. The molecule has 2 unspecified atom stereocenters. The maximum absolute atomic E-state index is 15.4. The highest BCUT2D eigenvalue weighted by atomic mass is 31.2. The topological polar surface area (TPSA) is 32.7 Å². The van der Waals surface area contributed by atoms with Gasteiger partial charge in [0.2, 0.25) is 0 Å². The van der Waals surface area contributed by atoms with Gasteiger partial charge < -0.3 is 9.46 Å². The molecule has 2 aliphatic heterocycles. The molecule has 3 atom stereocenters. The van der Waals surface area contributed by atoms with Crippen LogP contribution in [0.15, 0.2) is 186 Å². The predicted molar refractivity (Wildman–Crippen MR) is 220 cm³/mol. The van der Waals surface area contributed by atoms with E-state index in [1.807, 2.05) is 30.3 Å². The van der Waals surface area contributed by atoms with Crippen LogP contribution in [0.25, 0.3) is 44.2 Å². The third kappa shape index (κ3) is 4.59. The van der Waals surface area contributed by atoms with Crippen molar-refractivity contribution in [3.05, 3.63) is 187 Å². The number of anilines is 1. The molecule has 0 aromatic heterocycles. The molecule has 0 radical (unpaired) electrons. The first-order valence-corrected chi connectivity index (χ1v) is 19.9. The van der Waals surface area contributed by atoms with E-state index in [-0.39, 0.29) is 11.6 Å². The summed E-state index contributed by atoms with van der Waals surface area (Å²) in [6, 6.07) is 47.4. The smallest absolute Gasteiger partial charge is 0.167 e. The van der Waals surface area contributed by atoms with Gasteiger partial charge in [-0.05, 0) is 75.8 Å². The van der Waals surface area contributed by atoms with Gasteiger partial charge in [0, 0.05) is 21.7 Å². The van der Waals surface area contributed by atoms with Gasteiger partial charge in [-0.25, -0.2) is 0 Å². The standard InChI is InChI=1S/C48H37N2OP/c1-48-31-11-10-24-46(48)49-47-42-19-9-8-18-40(42)43-32-35(29-30-44(43)50(47)48)33-25-27-34(28-26-33)38-20-12-22-41-39(38)21-13-23-45(41)52(51,36-14-4-2-5-15-36)37-16-6-3-7-17-37/h2-6,8-16,18-32,46H,7,17H2,1H3/t46?,48-,52?/m0/s1. The van der Waals surface area contributed by atoms with Crippen molar-refractivity contribution in [1.82, 2.24) is 0 Å². The zero-order chi connectivity index (χ0) is 34.9. The van der Waals surface area contributed by atoms with Gasteiger partial charge in [0.25, 0.3) is 0 Å². The van der Waals surface area contributed by atoms with Crippen molar-refractivity contribution in [3.63, 3.8) is 0 Å². The number of fused-ring (bicyclic) bond motifs is 9. The fourth-order valence-electron chi connectivity index (χ4n) is 8.73. The molecule has 6 aromatic rings. The zero-order valence-electron chi connectivity index (χ0n) is 29.0. The van der Waals surface area contributed by atoms with Crippen LogP contribution in [0, 0.1) is 0 Å². The van der Waals surface area contributed by atoms with Crippen LogP contribution in [0.5, 0.6) is 0 Å². The number of benzene rings is 6. The zero-order valence-corrected chi connectivity index (χ0v) is 29.9. The Balaban J connectivity index is 1.05. The van der Waals surface area contributed by atoms with Crippen molar-refractivity contribution in [2.75, 3.05) is 4.90 Å². The molecule has 6 aromatic carbocycles. The van der Waals surface area contributed by atoms with Crippen molar-refractivity contribution < 1.29 is 4.57 Å². The van der Waals surface area contributed by atoms with Gasteiger partial charge in [0.1, 0.15) is 5.84 Å². The van der Waals surface area contributed by atoms with E-state index in [4.69, 9.17) is 4.99 Å². The lowest BCUT2D eigenvalue weighted by Crippen LogP contribution is -2.51. The Bertz CT molecular complexity index is 2630. The minimum absolute atomic E-state index is 0.0793. The Hall–Kier alpha value is -5.76. The van der Waals surface area contributed by atoms with Gasteiger partial charge in [-0.15, -0.1) is 0 Å². The van der Waals surface area contributed by atoms with Gasteiger partial charge in [-0.3, -0.25) is 4.99 Å². The Morgan fingerprint density at radius 1 is 0.673 bits per heavy atom. The molecule has 0 bridgehead atoms. The number of nitrogens with zero attached hydrogens (tertiary/aromatic N) is 2. The van der Waals surface area contributed by atoms with Crippen molar-refractivity contribution in [3.8, 4) is 33.4 Å². The molecule has 250 valence electrons. The summed E-state index contributed by atoms with van der Waals surface area (Å²) in [5.74, 6) is 1.05. The molecule has 0 spiro atoms. The molecule has 0 fully saturated rings. The second kappa shape index (κ2) is 11.9. The molecule has 52 heavy (non-hydrogen) atoms. The highest BCUT2D eigenvalue weighted by Crippen LogP contribution is 2.56. The minimum atomic E-state index is -3.06. The average molecular weight is 689 g/mol. The van der Waals surface area contributed by atoms with E-state index in [1.165, 1.54) is 33.5 Å². The van der Waals surface area contributed by atoms with E-state index in [2.05, 4.69) is 157 Å². The van der Waals surface area contributed by atoms with Crippen LogP contribution in [-0.2, 0) is 4.57 Å². The normalized spacial score (nSPS) is 20.7. The summed E-state index contributed by atoms with van der Waals surface area (Å²) in [4.78, 5) is 7.67. The lowest BCUT2D eigenvalue weighted by Gasteiger charge is -2.42. The van der Waals surface area contributed by atoms with Crippen molar-refractivity contribution in [1.29, 1.82) is 0 Å². The maximum atomic E-state index is 15.4. The second-order valence-corrected chi connectivity index (χ2v) is 17.1. The van der Waals surface area contributed by atoms with Gasteiger partial charge in [0.05, 0.1) is 17.3 Å². The summed E-state index contributed by atoms with van der Waals surface area (Å²) in [5, 5.41) is 4.98. The molecule has 4 aliphatic rings. The number of amidine groups is 1. The summed E-state index contributed by atoms with van der Waals surface area (Å²) in [6.45, 7) is 2.29. The van der Waals surface area contributed by atoms with Gasteiger partial charge >= 0.3 is 0 Å². The van der Waals surface area contributed by atoms with E-state index in [1.54, 1.807) is 0 Å². The highest BCUT2D eigenvalue weighted by molar-refractivity contribution is 7.82. The number of aliphatic imine (C=N–C) groups is 1. The summed E-state index contributed by atoms with van der Waals surface area (Å²) in [6.07, 6.45) is 16.8. The van der Waals surface area contributed by atoms with Crippen LogP contribution in [0.3, 0.4) is 0 Å².